The molecule has 0 aliphatic carbocycles. The molecule has 0 saturated carbocycles. The second-order valence-corrected chi connectivity index (χ2v) is 5.51. The zero-order valence-electron chi connectivity index (χ0n) is 12.5. The maximum absolute atomic E-state index is 9.08. The summed E-state index contributed by atoms with van der Waals surface area (Å²) in [4.78, 5) is 3.52. The van der Waals surface area contributed by atoms with Crippen molar-refractivity contribution in [3.8, 4) is 28.5 Å². The Bertz CT molecular complexity index is 1020. The number of aromatic amines is 1. The van der Waals surface area contributed by atoms with Crippen LogP contribution in [-0.4, -0.2) is 4.98 Å². The minimum atomic E-state index is 0.671. The van der Waals surface area contributed by atoms with E-state index in [2.05, 4.69) is 59.6 Å². The molecule has 0 saturated heterocycles. The number of para-hydroxylation sites is 1. The predicted octanol–water partition coefficient (Wildman–Crippen LogP) is 5.37. The summed E-state index contributed by atoms with van der Waals surface area (Å²) < 4.78 is 0. The van der Waals surface area contributed by atoms with Gasteiger partial charge in [-0.2, -0.15) is 5.26 Å². The van der Waals surface area contributed by atoms with Crippen LogP contribution in [0.3, 0.4) is 0 Å². The van der Waals surface area contributed by atoms with Crippen molar-refractivity contribution in [2.24, 2.45) is 0 Å². The summed E-state index contributed by atoms with van der Waals surface area (Å²) in [7, 11) is 0. The van der Waals surface area contributed by atoms with E-state index in [9.17, 15) is 0 Å². The van der Waals surface area contributed by atoms with Crippen LogP contribution in [0, 0.1) is 11.3 Å². The van der Waals surface area contributed by atoms with E-state index < -0.39 is 0 Å². The van der Waals surface area contributed by atoms with Gasteiger partial charge in [0, 0.05) is 16.6 Å². The lowest BCUT2D eigenvalue weighted by molar-refractivity contribution is 1.43. The number of fused-ring (bicyclic) bond motifs is 1. The molecule has 0 amide bonds. The monoisotopic (exact) mass is 294 g/mol. The zero-order valence-corrected chi connectivity index (χ0v) is 12.5. The minimum absolute atomic E-state index is 0.671. The fraction of sp³-hybridized carbons (Fsp3) is 0. The molecule has 23 heavy (non-hydrogen) atoms. The molecule has 2 nitrogen and oxygen atoms in total. The molecule has 108 valence electrons. The molecule has 0 aliphatic heterocycles. The number of benzene rings is 3. The van der Waals surface area contributed by atoms with E-state index in [0.717, 1.165) is 16.8 Å². The molecule has 0 fully saturated rings. The van der Waals surface area contributed by atoms with E-state index in [1.165, 1.54) is 16.5 Å². The van der Waals surface area contributed by atoms with Gasteiger partial charge < -0.3 is 4.98 Å². The van der Waals surface area contributed by atoms with Crippen molar-refractivity contribution in [2.45, 2.75) is 0 Å². The zero-order chi connectivity index (χ0) is 15.6. The first-order chi connectivity index (χ1) is 11.3. The molecule has 3 aromatic carbocycles. The van der Waals surface area contributed by atoms with E-state index in [0.29, 0.717) is 5.56 Å². The highest BCUT2D eigenvalue weighted by Crippen LogP contribution is 2.31. The summed E-state index contributed by atoms with van der Waals surface area (Å²) in [6, 6.07) is 28.7. The molecule has 4 rings (SSSR count). The Morgan fingerprint density at radius 3 is 2.35 bits per heavy atom. The third-order valence-electron chi connectivity index (χ3n) is 4.04. The standard InChI is InChI=1S/C21H14N2/c22-14-15-6-4-9-17(12-15)20-13-18-10-5-11-19(21(18)23-20)16-7-2-1-3-8-16/h1-13,23H. The Balaban J connectivity index is 1.90. The Morgan fingerprint density at radius 2 is 1.52 bits per heavy atom. The first kappa shape index (κ1) is 13.4. The van der Waals surface area contributed by atoms with E-state index in [1.807, 2.05) is 30.3 Å². The summed E-state index contributed by atoms with van der Waals surface area (Å²) in [6.45, 7) is 0. The van der Waals surface area contributed by atoms with Gasteiger partial charge in [0.2, 0.25) is 0 Å². The van der Waals surface area contributed by atoms with Gasteiger partial charge in [0.05, 0.1) is 17.1 Å². The molecule has 1 aromatic heterocycles. The molecule has 0 bridgehead atoms. The summed E-state index contributed by atoms with van der Waals surface area (Å²) in [5, 5.41) is 10.3. The molecule has 0 unspecified atom stereocenters. The summed E-state index contributed by atoms with van der Waals surface area (Å²) in [5.41, 5.74) is 6.23. The van der Waals surface area contributed by atoms with E-state index >= 15 is 0 Å². The van der Waals surface area contributed by atoms with Gasteiger partial charge >= 0.3 is 0 Å². The number of H-pyrrole nitrogens is 1. The topological polar surface area (TPSA) is 39.6 Å². The maximum Gasteiger partial charge on any atom is 0.0991 e. The van der Waals surface area contributed by atoms with Crippen LogP contribution in [-0.2, 0) is 0 Å². The summed E-state index contributed by atoms with van der Waals surface area (Å²) >= 11 is 0. The van der Waals surface area contributed by atoms with Crippen LogP contribution in [0.15, 0.2) is 78.9 Å². The van der Waals surface area contributed by atoms with Crippen molar-refractivity contribution in [3.63, 3.8) is 0 Å². The number of nitriles is 1. The van der Waals surface area contributed by atoms with Crippen LogP contribution in [0.2, 0.25) is 0 Å². The number of aromatic nitrogens is 1. The Labute approximate surface area is 134 Å². The number of nitrogens with zero attached hydrogens (tertiary/aromatic N) is 1. The van der Waals surface area contributed by atoms with Crippen molar-refractivity contribution in [1.82, 2.24) is 4.98 Å². The van der Waals surface area contributed by atoms with Crippen LogP contribution >= 0.6 is 0 Å². The molecule has 2 heteroatoms. The highest BCUT2D eigenvalue weighted by atomic mass is 14.7. The quantitative estimate of drug-likeness (QED) is 0.530. The number of hydrogen-bond acceptors (Lipinski definition) is 1. The van der Waals surface area contributed by atoms with Crippen LogP contribution in [0.1, 0.15) is 5.56 Å². The minimum Gasteiger partial charge on any atom is -0.354 e. The SMILES string of the molecule is N#Cc1cccc(-c2cc3cccc(-c4ccccc4)c3[nH]2)c1. The van der Waals surface area contributed by atoms with Gasteiger partial charge in [-0.3, -0.25) is 0 Å². The van der Waals surface area contributed by atoms with Crippen molar-refractivity contribution in [3.05, 3.63) is 84.4 Å². The van der Waals surface area contributed by atoms with Crippen molar-refractivity contribution >= 4 is 10.9 Å². The second kappa shape index (κ2) is 5.47. The molecule has 1 N–H and O–H groups in total. The normalized spacial score (nSPS) is 10.6. The number of hydrogen-bond donors (Lipinski definition) is 1. The molecular formula is C21H14N2. The molecule has 0 atom stereocenters. The van der Waals surface area contributed by atoms with E-state index in [4.69, 9.17) is 5.26 Å². The van der Waals surface area contributed by atoms with Crippen LogP contribution in [0.4, 0.5) is 0 Å². The average Bonchev–Trinajstić information content (AvgIpc) is 3.07. The average molecular weight is 294 g/mol. The maximum atomic E-state index is 9.08. The lowest BCUT2D eigenvalue weighted by atomic mass is 10.0. The highest BCUT2D eigenvalue weighted by Gasteiger charge is 2.08. The Hall–Kier alpha value is -3.31. The smallest absolute Gasteiger partial charge is 0.0991 e. The highest BCUT2D eigenvalue weighted by molar-refractivity contribution is 5.97. The molecule has 1 heterocycles. The largest absolute Gasteiger partial charge is 0.354 e. The molecule has 4 aromatic rings. The van der Waals surface area contributed by atoms with Gasteiger partial charge in [-0.05, 0) is 29.3 Å². The summed E-state index contributed by atoms with van der Waals surface area (Å²) in [6.07, 6.45) is 0. The van der Waals surface area contributed by atoms with Crippen molar-refractivity contribution in [2.75, 3.05) is 0 Å². The van der Waals surface area contributed by atoms with Gasteiger partial charge in [0.1, 0.15) is 0 Å². The Kier molecular flexibility index (Phi) is 3.18. The molecule has 0 spiro atoms. The summed E-state index contributed by atoms with van der Waals surface area (Å²) in [5.74, 6) is 0. The lowest BCUT2D eigenvalue weighted by Gasteiger charge is -2.03. The number of nitrogens with one attached hydrogen (secondary N) is 1. The number of rotatable bonds is 2. The second-order valence-electron chi connectivity index (χ2n) is 5.51. The van der Waals surface area contributed by atoms with Crippen LogP contribution < -0.4 is 0 Å². The van der Waals surface area contributed by atoms with E-state index in [1.54, 1.807) is 0 Å². The fourth-order valence-corrected chi connectivity index (χ4v) is 2.93. The van der Waals surface area contributed by atoms with Gasteiger partial charge in [-0.25, -0.2) is 0 Å². The van der Waals surface area contributed by atoms with Crippen LogP contribution in [0.5, 0.6) is 0 Å². The predicted molar refractivity (Wildman–Crippen MR) is 93.9 cm³/mol. The van der Waals surface area contributed by atoms with Gasteiger partial charge in [-0.1, -0.05) is 60.7 Å². The first-order valence-corrected chi connectivity index (χ1v) is 7.53. The fourth-order valence-electron chi connectivity index (χ4n) is 2.93. The van der Waals surface area contributed by atoms with Gasteiger partial charge in [-0.15, -0.1) is 0 Å². The van der Waals surface area contributed by atoms with Gasteiger partial charge in [0.15, 0.2) is 0 Å². The third kappa shape index (κ3) is 2.39. The van der Waals surface area contributed by atoms with E-state index in [-0.39, 0.29) is 0 Å². The lowest BCUT2D eigenvalue weighted by Crippen LogP contribution is -1.81. The third-order valence-corrected chi connectivity index (χ3v) is 4.04. The molecule has 0 radical (unpaired) electrons. The van der Waals surface area contributed by atoms with Crippen LogP contribution in [0.25, 0.3) is 33.3 Å². The van der Waals surface area contributed by atoms with Gasteiger partial charge in [0.25, 0.3) is 0 Å². The Morgan fingerprint density at radius 1 is 0.739 bits per heavy atom. The van der Waals surface area contributed by atoms with Crippen molar-refractivity contribution in [1.29, 1.82) is 5.26 Å². The molecular weight excluding hydrogens is 280 g/mol. The first-order valence-electron chi connectivity index (χ1n) is 7.53. The van der Waals surface area contributed by atoms with Crippen molar-refractivity contribution < 1.29 is 0 Å². The molecule has 0 aliphatic rings.